The van der Waals surface area contributed by atoms with Crippen LogP contribution in [-0.2, 0) is 11.3 Å². The molecule has 1 aliphatic heterocycles. The van der Waals surface area contributed by atoms with E-state index in [2.05, 4.69) is 27.7 Å². The van der Waals surface area contributed by atoms with Crippen molar-refractivity contribution in [3.05, 3.63) is 64.7 Å². The number of hydrogen-bond acceptors (Lipinski definition) is 4. The molecule has 0 aromatic heterocycles. The predicted molar refractivity (Wildman–Crippen MR) is 127 cm³/mol. The van der Waals surface area contributed by atoms with Gasteiger partial charge in [-0.05, 0) is 60.7 Å². The average Bonchev–Trinajstić information content (AvgIpc) is 2.80. The molecule has 0 bridgehead atoms. The quantitative estimate of drug-likeness (QED) is 0.631. The first-order valence-electron chi connectivity index (χ1n) is 11.1. The monoisotopic (exact) mass is 457 g/mol. The van der Waals surface area contributed by atoms with Gasteiger partial charge in [0.2, 0.25) is 5.91 Å². The van der Waals surface area contributed by atoms with Crippen LogP contribution < -0.4 is 15.4 Å². The third-order valence-electron chi connectivity index (χ3n) is 5.84. The molecule has 2 amide bonds. The number of methoxy groups -OCH3 is 1. The Balaban J connectivity index is 1.50. The van der Waals surface area contributed by atoms with Crippen molar-refractivity contribution in [3.8, 4) is 5.75 Å². The van der Waals surface area contributed by atoms with E-state index in [1.54, 1.807) is 31.4 Å². The lowest BCUT2D eigenvalue weighted by Gasteiger charge is -2.33. The highest BCUT2D eigenvalue weighted by atomic mass is 35.5. The Hall–Kier alpha value is -2.57. The van der Waals surface area contributed by atoms with Gasteiger partial charge in [-0.1, -0.05) is 37.6 Å². The summed E-state index contributed by atoms with van der Waals surface area (Å²) in [5.74, 6) is 0.265. The number of carbonyl (C=O) groups is 2. The van der Waals surface area contributed by atoms with E-state index in [1.165, 1.54) is 5.56 Å². The van der Waals surface area contributed by atoms with Crippen LogP contribution in [0.25, 0.3) is 0 Å². The Labute approximate surface area is 195 Å². The molecule has 1 heterocycles. The van der Waals surface area contributed by atoms with Crippen LogP contribution in [0.2, 0.25) is 5.02 Å². The van der Waals surface area contributed by atoms with Crippen LogP contribution in [0.15, 0.2) is 48.5 Å². The number of amides is 2. The lowest BCUT2D eigenvalue weighted by Crippen LogP contribution is -2.53. The lowest BCUT2D eigenvalue weighted by molar-refractivity contribution is -0.125. The van der Waals surface area contributed by atoms with Gasteiger partial charge in [0.25, 0.3) is 5.91 Å². The highest BCUT2D eigenvalue weighted by molar-refractivity contribution is 6.30. The van der Waals surface area contributed by atoms with Crippen LogP contribution in [0, 0.1) is 5.92 Å². The van der Waals surface area contributed by atoms with Crippen LogP contribution in [0.3, 0.4) is 0 Å². The molecule has 0 saturated carbocycles. The maximum Gasteiger partial charge on any atom is 0.251 e. The average molecular weight is 458 g/mol. The largest absolute Gasteiger partial charge is 0.497 e. The van der Waals surface area contributed by atoms with Gasteiger partial charge in [-0.2, -0.15) is 0 Å². The number of likely N-dealkylation sites (tertiary alicyclic amines) is 1. The van der Waals surface area contributed by atoms with E-state index in [1.807, 2.05) is 26.0 Å². The zero-order chi connectivity index (χ0) is 23.1. The Morgan fingerprint density at radius 1 is 1.06 bits per heavy atom. The number of benzene rings is 2. The molecule has 0 spiro atoms. The normalized spacial score (nSPS) is 15.9. The Morgan fingerprint density at radius 3 is 2.25 bits per heavy atom. The summed E-state index contributed by atoms with van der Waals surface area (Å²) in [7, 11) is 1.58. The molecule has 32 heavy (non-hydrogen) atoms. The van der Waals surface area contributed by atoms with Crippen LogP contribution in [0.5, 0.6) is 5.75 Å². The van der Waals surface area contributed by atoms with Crippen molar-refractivity contribution < 1.29 is 14.3 Å². The van der Waals surface area contributed by atoms with Crippen molar-refractivity contribution in [3.63, 3.8) is 0 Å². The first-order chi connectivity index (χ1) is 15.4. The molecule has 1 fully saturated rings. The molecule has 1 saturated heterocycles. The number of nitrogens with zero attached hydrogens (tertiary/aromatic N) is 1. The molecule has 3 rings (SSSR count). The Bertz CT molecular complexity index is 892. The SMILES string of the molecule is COc1ccc(C(=O)NC(C(=O)NC2CCN(Cc3ccc(Cl)cc3)CC2)C(C)C)cc1. The molecule has 2 N–H and O–H groups in total. The highest BCUT2D eigenvalue weighted by Gasteiger charge is 2.28. The van der Waals surface area contributed by atoms with Crippen molar-refractivity contribution in [1.29, 1.82) is 0 Å². The summed E-state index contributed by atoms with van der Waals surface area (Å²) in [5.41, 5.74) is 1.73. The zero-order valence-electron chi connectivity index (χ0n) is 18.9. The van der Waals surface area contributed by atoms with Crippen LogP contribution >= 0.6 is 11.6 Å². The van der Waals surface area contributed by atoms with E-state index in [0.29, 0.717) is 11.3 Å². The van der Waals surface area contributed by atoms with E-state index < -0.39 is 6.04 Å². The van der Waals surface area contributed by atoms with Gasteiger partial charge in [0.1, 0.15) is 11.8 Å². The Morgan fingerprint density at radius 2 is 1.69 bits per heavy atom. The van der Waals surface area contributed by atoms with Gasteiger partial charge in [-0.15, -0.1) is 0 Å². The fraction of sp³-hybridized carbons (Fsp3) is 0.440. The molecule has 6 nitrogen and oxygen atoms in total. The summed E-state index contributed by atoms with van der Waals surface area (Å²) < 4.78 is 5.13. The van der Waals surface area contributed by atoms with Gasteiger partial charge in [0.05, 0.1) is 7.11 Å². The highest BCUT2D eigenvalue weighted by Crippen LogP contribution is 2.17. The number of halogens is 1. The standard InChI is InChI=1S/C25H32ClN3O3/c1-17(2)23(28-24(30)19-6-10-22(32-3)11-7-19)25(31)27-21-12-14-29(15-13-21)16-18-4-8-20(26)9-5-18/h4-11,17,21,23H,12-16H2,1-3H3,(H,27,31)(H,28,30). The van der Waals surface area contributed by atoms with E-state index in [-0.39, 0.29) is 23.8 Å². The summed E-state index contributed by atoms with van der Waals surface area (Å²) in [6.07, 6.45) is 1.77. The zero-order valence-corrected chi connectivity index (χ0v) is 19.7. The van der Waals surface area contributed by atoms with Crippen molar-refractivity contribution in [2.45, 2.75) is 45.3 Å². The predicted octanol–water partition coefficient (Wildman–Crippen LogP) is 3.88. The number of rotatable bonds is 8. The fourth-order valence-electron chi connectivity index (χ4n) is 3.88. The second-order valence-corrected chi connectivity index (χ2v) is 9.05. The molecule has 1 aliphatic rings. The van der Waals surface area contributed by atoms with E-state index >= 15 is 0 Å². The van der Waals surface area contributed by atoms with Gasteiger partial charge in [0.15, 0.2) is 0 Å². The molecular weight excluding hydrogens is 426 g/mol. The second kappa shape index (κ2) is 11.3. The number of nitrogens with one attached hydrogen (secondary N) is 2. The maximum atomic E-state index is 13.0. The van der Waals surface area contributed by atoms with Gasteiger partial charge in [-0.25, -0.2) is 0 Å². The fourth-order valence-corrected chi connectivity index (χ4v) is 4.00. The minimum Gasteiger partial charge on any atom is -0.497 e. The van der Waals surface area contributed by atoms with Crippen molar-refractivity contribution in [1.82, 2.24) is 15.5 Å². The molecule has 0 radical (unpaired) electrons. The third kappa shape index (κ3) is 6.71. The van der Waals surface area contributed by atoms with Crippen molar-refractivity contribution in [2.75, 3.05) is 20.2 Å². The minimum absolute atomic E-state index is 0.0257. The maximum absolute atomic E-state index is 13.0. The summed E-state index contributed by atoms with van der Waals surface area (Å²) in [5, 5.41) is 6.79. The lowest BCUT2D eigenvalue weighted by atomic mass is 10.00. The molecule has 2 aromatic carbocycles. The third-order valence-corrected chi connectivity index (χ3v) is 6.09. The summed E-state index contributed by atoms with van der Waals surface area (Å²) in [6.45, 7) is 6.58. The number of ether oxygens (including phenoxy) is 1. The molecule has 0 aliphatic carbocycles. The molecular formula is C25H32ClN3O3. The number of carbonyl (C=O) groups excluding carboxylic acids is 2. The van der Waals surface area contributed by atoms with E-state index in [0.717, 1.165) is 37.5 Å². The summed E-state index contributed by atoms with van der Waals surface area (Å²) in [6, 6.07) is 14.3. The van der Waals surface area contributed by atoms with Gasteiger partial charge in [0, 0.05) is 36.3 Å². The van der Waals surface area contributed by atoms with Gasteiger partial charge < -0.3 is 15.4 Å². The van der Waals surface area contributed by atoms with Gasteiger partial charge in [-0.3, -0.25) is 14.5 Å². The molecule has 2 aromatic rings. The Kier molecular flexibility index (Phi) is 8.53. The number of piperidine rings is 1. The van der Waals surface area contributed by atoms with E-state index in [9.17, 15) is 9.59 Å². The van der Waals surface area contributed by atoms with E-state index in [4.69, 9.17) is 16.3 Å². The second-order valence-electron chi connectivity index (χ2n) is 8.61. The van der Waals surface area contributed by atoms with Crippen molar-refractivity contribution >= 4 is 23.4 Å². The summed E-state index contributed by atoms with van der Waals surface area (Å²) >= 11 is 5.96. The molecule has 1 unspecified atom stereocenters. The minimum atomic E-state index is -0.586. The molecule has 7 heteroatoms. The van der Waals surface area contributed by atoms with Crippen LogP contribution in [0.4, 0.5) is 0 Å². The smallest absolute Gasteiger partial charge is 0.251 e. The first kappa shape index (κ1) is 24.1. The van der Waals surface area contributed by atoms with Crippen LogP contribution in [-0.4, -0.2) is 49.0 Å². The van der Waals surface area contributed by atoms with Gasteiger partial charge >= 0.3 is 0 Å². The molecule has 1 atom stereocenters. The van der Waals surface area contributed by atoms with Crippen LogP contribution in [0.1, 0.15) is 42.6 Å². The first-order valence-corrected chi connectivity index (χ1v) is 11.5. The number of hydrogen-bond donors (Lipinski definition) is 2. The topological polar surface area (TPSA) is 70.7 Å². The molecule has 172 valence electrons. The summed E-state index contributed by atoms with van der Waals surface area (Å²) in [4.78, 5) is 28.0. The van der Waals surface area contributed by atoms with Crippen molar-refractivity contribution in [2.24, 2.45) is 5.92 Å².